The van der Waals surface area contributed by atoms with Crippen molar-refractivity contribution in [1.82, 2.24) is 24.0 Å². The highest BCUT2D eigenvalue weighted by Crippen LogP contribution is 2.22. The molecule has 1 aliphatic heterocycles. The van der Waals surface area contributed by atoms with Crippen LogP contribution in [0.15, 0.2) is 53.4 Å². The molecule has 4 rings (SSSR count). The van der Waals surface area contributed by atoms with Crippen LogP contribution in [0.2, 0.25) is 0 Å². The summed E-state index contributed by atoms with van der Waals surface area (Å²) >= 11 is 5.43. The van der Waals surface area contributed by atoms with Gasteiger partial charge >= 0.3 is 0 Å². The Kier molecular flexibility index (Phi) is 6.62. The molecular weight excluding hydrogens is 442 g/mol. The molecule has 0 saturated carbocycles. The molecule has 7 nitrogen and oxygen atoms in total. The fraction of sp³-hybridized carbons (Fsp3) is 0.391. The van der Waals surface area contributed by atoms with E-state index in [9.17, 15) is 8.42 Å². The van der Waals surface area contributed by atoms with E-state index in [2.05, 4.69) is 28.8 Å². The highest BCUT2D eigenvalue weighted by molar-refractivity contribution is 7.89. The Bertz CT molecular complexity index is 1220. The van der Waals surface area contributed by atoms with Gasteiger partial charge in [-0.2, -0.15) is 9.29 Å². The van der Waals surface area contributed by atoms with E-state index in [0.717, 1.165) is 17.0 Å². The molecule has 2 aromatic carbocycles. The third-order valence-electron chi connectivity index (χ3n) is 5.86. The summed E-state index contributed by atoms with van der Waals surface area (Å²) in [6, 6.07) is 15.4. The van der Waals surface area contributed by atoms with Gasteiger partial charge in [-0.3, -0.25) is 10.00 Å². The predicted molar refractivity (Wildman–Crippen MR) is 128 cm³/mol. The van der Waals surface area contributed by atoms with E-state index in [0.29, 0.717) is 48.4 Å². The number of hydrogen-bond acceptors (Lipinski definition) is 5. The van der Waals surface area contributed by atoms with Gasteiger partial charge in [-0.15, -0.1) is 0 Å². The highest BCUT2D eigenvalue weighted by Gasteiger charge is 2.28. The standard InChI is InChI=1S/C23H29N5O2S2/c1-17(2)19-8-10-21(11-9-19)32(29,30)27-14-12-26(13-15-27)16-28-23(31)24-22(25-28)20-6-4-18(3)5-7-20/h4-11,17H,12-16H2,1-3H3,(H,24,25,31). The van der Waals surface area contributed by atoms with Crippen molar-refractivity contribution in [2.75, 3.05) is 26.2 Å². The molecule has 1 aliphatic rings. The van der Waals surface area contributed by atoms with Crippen LogP contribution in [0.4, 0.5) is 0 Å². The molecule has 0 unspecified atom stereocenters. The van der Waals surface area contributed by atoms with Gasteiger partial charge in [0.05, 0.1) is 11.6 Å². The van der Waals surface area contributed by atoms with Gasteiger partial charge in [-0.1, -0.05) is 55.8 Å². The lowest BCUT2D eigenvalue weighted by molar-refractivity contribution is 0.145. The van der Waals surface area contributed by atoms with Crippen LogP contribution in [-0.2, 0) is 16.7 Å². The van der Waals surface area contributed by atoms with Gasteiger partial charge < -0.3 is 0 Å². The van der Waals surface area contributed by atoms with E-state index in [4.69, 9.17) is 12.2 Å². The van der Waals surface area contributed by atoms with Gasteiger partial charge in [0.25, 0.3) is 0 Å². The third-order valence-corrected chi connectivity index (χ3v) is 8.09. The molecule has 3 aromatic rings. The fourth-order valence-electron chi connectivity index (χ4n) is 3.78. The number of nitrogens with zero attached hydrogens (tertiary/aromatic N) is 4. The van der Waals surface area contributed by atoms with E-state index >= 15 is 0 Å². The largest absolute Gasteiger partial charge is 0.282 e. The number of aromatic amines is 1. The summed E-state index contributed by atoms with van der Waals surface area (Å²) in [6.45, 7) is 8.94. The first kappa shape index (κ1) is 22.8. The average Bonchev–Trinajstić information content (AvgIpc) is 3.14. The van der Waals surface area contributed by atoms with Crippen LogP contribution in [0.3, 0.4) is 0 Å². The summed E-state index contributed by atoms with van der Waals surface area (Å²) in [5, 5.41) is 3.27. The van der Waals surface area contributed by atoms with E-state index in [1.54, 1.807) is 16.4 Å². The van der Waals surface area contributed by atoms with Crippen LogP contribution in [-0.4, -0.2) is 58.6 Å². The number of rotatable bonds is 6. The van der Waals surface area contributed by atoms with E-state index < -0.39 is 10.0 Å². The molecule has 1 saturated heterocycles. The zero-order valence-electron chi connectivity index (χ0n) is 18.7. The van der Waals surface area contributed by atoms with Crippen LogP contribution >= 0.6 is 12.2 Å². The van der Waals surface area contributed by atoms with Crippen molar-refractivity contribution in [3.05, 3.63) is 64.4 Å². The van der Waals surface area contributed by atoms with Crippen LogP contribution in [0.1, 0.15) is 30.9 Å². The quantitative estimate of drug-likeness (QED) is 0.550. The van der Waals surface area contributed by atoms with E-state index in [1.165, 1.54) is 5.56 Å². The van der Waals surface area contributed by atoms with Gasteiger partial charge in [0.15, 0.2) is 5.82 Å². The summed E-state index contributed by atoms with van der Waals surface area (Å²) in [4.78, 5) is 7.02. The molecule has 170 valence electrons. The predicted octanol–water partition coefficient (Wildman–Crippen LogP) is 4.00. The lowest BCUT2D eigenvalue weighted by atomic mass is 10.0. The Balaban J connectivity index is 1.40. The maximum Gasteiger partial charge on any atom is 0.243 e. The van der Waals surface area contributed by atoms with Crippen molar-refractivity contribution >= 4 is 22.2 Å². The van der Waals surface area contributed by atoms with Crippen LogP contribution in [0, 0.1) is 11.7 Å². The molecule has 0 spiro atoms. The number of H-pyrrole nitrogens is 1. The Morgan fingerprint density at radius 1 is 1.00 bits per heavy atom. The molecule has 0 amide bonds. The van der Waals surface area contributed by atoms with E-state index in [1.807, 2.05) is 48.0 Å². The van der Waals surface area contributed by atoms with Crippen LogP contribution in [0.25, 0.3) is 11.4 Å². The SMILES string of the molecule is Cc1ccc(-c2nc(=S)n(CN3CCN(S(=O)(=O)c4ccc(C(C)C)cc4)CC3)[nH]2)cc1. The van der Waals surface area contributed by atoms with Crippen molar-refractivity contribution in [3.63, 3.8) is 0 Å². The minimum atomic E-state index is -3.49. The molecule has 0 bridgehead atoms. The van der Waals surface area contributed by atoms with Gasteiger partial charge in [-0.25, -0.2) is 13.1 Å². The first-order chi connectivity index (χ1) is 15.2. The molecule has 0 atom stereocenters. The molecule has 1 fully saturated rings. The van der Waals surface area contributed by atoms with Gasteiger partial charge in [0.1, 0.15) is 0 Å². The maximum atomic E-state index is 13.0. The smallest absolute Gasteiger partial charge is 0.243 e. The number of piperazine rings is 1. The number of hydrogen-bond donors (Lipinski definition) is 1. The molecule has 1 N–H and O–H groups in total. The topological polar surface area (TPSA) is 74.2 Å². The zero-order valence-corrected chi connectivity index (χ0v) is 20.3. The summed E-state index contributed by atoms with van der Waals surface area (Å²) in [7, 11) is -3.49. The first-order valence-electron chi connectivity index (χ1n) is 10.8. The Morgan fingerprint density at radius 3 is 2.22 bits per heavy atom. The van der Waals surface area contributed by atoms with Crippen molar-refractivity contribution in [3.8, 4) is 11.4 Å². The molecule has 0 aliphatic carbocycles. The minimum Gasteiger partial charge on any atom is -0.282 e. The van der Waals surface area contributed by atoms with Gasteiger partial charge in [0, 0.05) is 31.7 Å². The summed E-state index contributed by atoms with van der Waals surface area (Å²) in [5.74, 6) is 1.11. The van der Waals surface area contributed by atoms with Crippen molar-refractivity contribution < 1.29 is 8.42 Å². The second-order valence-electron chi connectivity index (χ2n) is 8.54. The maximum absolute atomic E-state index is 13.0. The Morgan fingerprint density at radius 2 is 1.62 bits per heavy atom. The second-order valence-corrected chi connectivity index (χ2v) is 10.8. The van der Waals surface area contributed by atoms with E-state index in [-0.39, 0.29) is 0 Å². The number of benzene rings is 2. The normalized spacial score (nSPS) is 16.0. The van der Waals surface area contributed by atoms with Crippen molar-refractivity contribution in [2.45, 2.75) is 38.3 Å². The van der Waals surface area contributed by atoms with Gasteiger partial charge in [0.2, 0.25) is 14.8 Å². The zero-order chi connectivity index (χ0) is 22.9. The lowest BCUT2D eigenvalue weighted by Crippen LogP contribution is -2.48. The third kappa shape index (κ3) is 4.85. The van der Waals surface area contributed by atoms with Crippen molar-refractivity contribution in [1.29, 1.82) is 0 Å². The Hall–Kier alpha value is -2.33. The molecule has 9 heteroatoms. The van der Waals surface area contributed by atoms with Gasteiger partial charge in [-0.05, 0) is 42.8 Å². The second kappa shape index (κ2) is 9.27. The number of aromatic nitrogens is 3. The summed E-state index contributed by atoms with van der Waals surface area (Å²) in [6.07, 6.45) is 0. The van der Waals surface area contributed by atoms with Crippen LogP contribution < -0.4 is 0 Å². The minimum absolute atomic E-state index is 0.355. The average molecular weight is 472 g/mol. The van der Waals surface area contributed by atoms with Crippen LogP contribution in [0.5, 0.6) is 0 Å². The Labute approximate surface area is 194 Å². The number of sulfonamides is 1. The molecule has 32 heavy (non-hydrogen) atoms. The summed E-state index contributed by atoms with van der Waals surface area (Å²) < 4.78 is 30.0. The van der Waals surface area contributed by atoms with Crippen molar-refractivity contribution in [2.24, 2.45) is 0 Å². The molecular formula is C23H29N5O2S2. The molecule has 1 aromatic heterocycles. The first-order valence-corrected chi connectivity index (χ1v) is 12.7. The monoisotopic (exact) mass is 471 g/mol. The lowest BCUT2D eigenvalue weighted by Gasteiger charge is -2.33. The summed E-state index contributed by atoms with van der Waals surface area (Å²) in [5.41, 5.74) is 3.31. The molecule has 0 radical (unpaired) electrons. The number of aryl methyl sites for hydroxylation is 1. The fourth-order valence-corrected chi connectivity index (χ4v) is 5.39. The highest BCUT2D eigenvalue weighted by atomic mass is 32.2. The number of nitrogens with one attached hydrogen (secondary N) is 1. The molecule has 2 heterocycles.